The molecule has 0 saturated heterocycles. The topological polar surface area (TPSA) is 52.3 Å². The van der Waals surface area contributed by atoms with Gasteiger partial charge in [-0.3, -0.25) is 0 Å². The summed E-state index contributed by atoms with van der Waals surface area (Å²) < 4.78 is 6.11. The molecule has 0 amide bonds. The van der Waals surface area contributed by atoms with Crippen molar-refractivity contribution in [3.05, 3.63) is 41.3 Å². The Morgan fingerprint density at radius 1 is 1.44 bits per heavy atom. The molecule has 94 valence electrons. The van der Waals surface area contributed by atoms with Gasteiger partial charge in [-0.25, -0.2) is 4.79 Å². The van der Waals surface area contributed by atoms with Crippen LogP contribution >= 0.6 is 23.1 Å². The van der Waals surface area contributed by atoms with E-state index in [4.69, 9.17) is 10.5 Å². The molecule has 3 nitrogen and oxygen atoms in total. The van der Waals surface area contributed by atoms with Crippen LogP contribution in [0.3, 0.4) is 0 Å². The number of rotatable bonds is 4. The molecule has 1 aromatic heterocycles. The van der Waals surface area contributed by atoms with E-state index < -0.39 is 0 Å². The van der Waals surface area contributed by atoms with E-state index in [0.717, 1.165) is 9.10 Å². The van der Waals surface area contributed by atoms with Gasteiger partial charge in [0.2, 0.25) is 0 Å². The molecule has 0 atom stereocenters. The van der Waals surface area contributed by atoms with Gasteiger partial charge in [0.25, 0.3) is 0 Å². The van der Waals surface area contributed by atoms with Crippen LogP contribution in [0.5, 0.6) is 0 Å². The molecule has 0 spiro atoms. The van der Waals surface area contributed by atoms with Crippen LogP contribution in [0.4, 0.5) is 5.69 Å². The third-order valence-electron chi connectivity index (χ3n) is 2.23. The Bertz CT molecular complexity index is 538. The second kappa shape index (κ2) is 5.93. The van der Waals surface area contributed by atoms with Crippen molar-refractivity contribution in [1.29, 1.82) is 0 Å². The molecule has 0 aliphatic heterocycles. The van der Waals surface area contributed by atoms with Gasteiger partial charge < -0.3 is 10.5 Å². The second-order valence-corrected chi connectivity index (χ2v) is 5.80. The second-order valence-electron chi connectivity index (χ2n) is 3.51. The third-order valence-corrected chi connectivity index (χ3v) is 4.34. The quantitative estimate of drug-likeness (QED) is 0.685. The first-order chi connectivity index (χ1) is 8.70. The maximum absolute atomic E-state index is 11.6. The van der Waals surface area contributed by atoms with Crippen LogP contribution in [0.25, 0.3) is 0 Å². The number of benzene rings is 1. The molecule has 18 heavy (non-hydrogen) atoms. The SMILES string of the molecule is CCOC(=O)c1ccc(N)c(Sc2cccs2)c1. The van der Waals surface area contributed by atoms with E-state index in [1.165, 1.54) is 0 Å². The lowest BCUT2D eigenvalue weighted by Gasteiger charge is -2.07. The first-order valence-electron chi connectivity index (χ1n) is 5.48. The number of ether oxygens (including phenoxy) is 1. The monoisotopic (exact) mass is 279 g/mol. The van der Waals surface area contributed by atoms with Crippen molar-refractivity contribution in [2.24, 2.45) is 0 Å². The maximum atomic E-state index is 11.6. The van der Waals surface area contributed by atoms with Crippen LogP contribution in [0, 0.1) is 0 Å². The zero-order valence-electron chi connectivity index (χ0n) is 9.88. The van der Waals surface area contributed by atoms with Gasteiger partial charge in [-0.15, -0.1) is 11.3 Å². The summed E-state index contributed by atoms with van der Waals surface area (Å²) in [5.41, 5.74) is 7.11. The van der Waals surface area contributed by atoms with Gasteiger partial charge in [-0.1, -0.05) is 17.8 Å². The van der Waals surface area contributed by atoms with Gasteiger partial charge in [0.15, 0.2) is 0 Å². The van der Waals surface area contributed by atoms with Crippen LogP contribution in [-0.4, -0.2) is 12.6 Å². The lowest BCUT2D eigenvalue weighted by atomic mass is 10.2. The summed E-state index contributed by atoms with van der Waals surface area (Å²) >= 11 is 3.20. The lowest BCUT2D eigenvalue weighted by molar-refractivity contribution is 0.0526. The van der Waals surface area contributed by atoms with Gasteiger partial charge >= 0.3 is 5.97 Å². The van der Waals surface area contributed by atoms with Crippen molar-refractivity contribution in [2.45, 2.75) is 16.0 Å². The molecule has 1 heterocycles. The zero-order chi connectivity index (χ0) is 13.0. The third kappa shape index (κ3) is 3.05. The molecule has 2 N–H and O–H groups in total. The average Bonchev–Trinajstić information content (AvgIpc) is 2.85. The number of nitrogen functional groups attached to an aromatic ring is 1. The number of anilines is 1. The Hall–Kier alpha value is -1.46. The van der Waals surface area contributed by atoms with Crippen LogP contribution in [0.2, 0.25) is 0 Å². The molecule has 0 bridgehead atoms. The fourth-order valence-corrected chi connectivity index (χ4v) is 3.21. The summed E-state index contributed by atoms with van der Waals surface area (Å²) in [6.07, 6.45) is 0. The molecule has 2 rings (SSSR count). The molecule has 2 aromatic rings. The first kappa shape index (κ1) is 13.0. The fourth-order valence-electron chi connectivity index (χ4n) is 1.39. The van der Waals surface area contributed by atoms with E-state index in [9.17, 15) is 4.79 Å². The minimum atomic E-state index is -0.314. The van der Waals surface area contributed by atoms with Gasteiger partial charge in [0.1, 0.15) is 0 Å². The van der Waals surface area contributed by atoms with E-state index in [2.05, 4.69) is 0 Å². The highest BCUT2D eigenvalue weighted by molar-refractivity contribution is 8.01. The van der Waals surface area contributed by atoms with Gasteiger partial charge in [0, 0.05) is 10.6 Å². The summed E-state index contributed by atoms with van der Waals surface area (Å²) in [7, 11) is 0. The molecular weight excluding hydrogens is 266 g/mol. The minimum Gasteiger partial charge on any atom is -0.462 e. The first-order valence-corrected chi connectivity index (χ1v) is 7.18. The number of esters is 1. The van der Waals surface area contributed by atoms with Gasteiger partial charge in [0.05, 0.1) is 16.4 Å². The number of thiophene rings is 1. The Balaban J connectivity index is 2.24. The summed E-state index contributed by atoms with van der Waals surface area (Å²) in [5.74, 6) is -0.314. The molecule has 1 aromatic carbocycles. The minimum absolute atomic E-state index is 0.314. The molecule has 0 aliphatic carbocycles. The Morgan fingerprint density at radius 3 is 2.94 bits per heavy atom. The molecule has 5 heteroatoms. The van der Waals surface area contributed by atoms with Crippen molar-refractivity contribution in [3.8, 4) is 0 Å². The number of hydrogen-bond donors (Lipinski definition) is 1. The van der Waals surface area contributed by atoms with Gasteiger partial charge in [-0.2, -0.15) is 0 Å². The Labute approximate surface area is 114 Å². The molecule has 0 unspecified atom stereocenters. The summed E-state index contributed by atoms with van der Waals surface area (Å²) in [6.45, 7) is 2.16. The van der Waals surface area contributed by atoms with E-state index in [1.54, 1.807) is 48.2 Å². The van der Waals surface area contributed by atoms with E-state index >= 15 is 0 Å². The van der Waals surface area contributed by atoms with Crippen molar-refractivity contribution in [1.82, 2.24) is 0 Å². The Morgan fingerprint density at radius 2 is 2.28 bits per heavy atom. The molecule has 0 fully saturated rings. The van der Waals surface area contributed by atoms with Crippen molar-refractivity contribution >= 4 is 34.8 Å². The highest BCUT2D eigenvalue weighted by Crippen LogP contribution is 2.35. The van der Waals surface area contributed by atoms with E-state index in [-0.39, 0.29) is 5.97 Å². The summed E-state index contributed by atoms with van der Waals surface area (Å²) in [5, 5.41) is 2.01. The van der Waals surface area contributed by atoms with Crippen molar-refractivity contribution < 1.29 is 9.53 Å². The zero-order valence-corrected chi connectivity index (χ0v) is 11.5. The highest BCUT2D eigenvalue weighted by Gasteiger charge is 2.10. The van der Waals surface area contributed by atoms with E-state index in [1.807, 2.05) is 17.5 Å². The predicted molar refractivity (Wildman–Crippen MR) is 75.3 cm³/mol. The van der Waals surface area contributed by atoms with Gasteiger partial charge in [-0.05, 0) is 36.6 Å². The fraction of sp³-hybridized carbons (Fsp3) is 0.154. The van der Waals surface area contributed by atoms with Crippen LogP contribution in [0.15, 0.2) is 44.8 Å². The van der Waals surface area contributed by atoms with Crippen molar-refractivity contribution in [3.63, 3.8) is 0 Å². The summed E-state index contributed by atoms with van der Waals surface area (Å²) in [4.78, 5) is 12.5. The normalized spacial score (nSPS) is 10.3. The molecule has 0 radical (unpaired) electrons. The molecular formula is C13H13NO2S2. The molecule has 0 aliphatic rings. The molecule has 0 saturated carbocycles. The standard InChI is InChI=1S/C13H13NO2S2/c1-2-16-13(15)9-5-6-10(14)11(8-9)18-12-4-3-7-17-12/h3-8H,2,14H2,1H3. The average molecular weight is 279 g/mol. The maximum Gasteiger partial charge on any atom is 0.338 e. The largest absolute Gasteiger partial charge is 0.462 e. The predicted octanol–water partition coefficient (Wildman–Crippen LogP) is 3.66. The number of nitrogens with two attached hydrogens (primary N) is 1. The van der Waals surface area contributed by atoms with Crippen LogP contribution in [-0.2, 0) is 4.74 Å². The van der Waals surface area contributed by atoms with E-state index in [0.29, 0.717) is 17.9 Å². The number of hydrogen-bond acceptors (Lipinski definition) is 5. The Kier molecular flexibility index (Phi) is 4.28. The summed E-state index contributed by atoms with van der Waals surface area (Å²) in [6, 6.07) is 9.20. The lowest BCUT2D eigenvalue weighted by Crippen LogP contribution is -2.05. The number of carbonyl (C=O) groups is 1. The number of carbonyl (C=O) groups excluding carboxylic acids is 1. The van der Waals surface area contributed by atoms with Crippen LogP contribution < -0.4 is 5.73 Å². The van der Waals surface area contributed by atoms with Crippen LogP contribution in [0.1, 0.15) is 17.3 Å². The smallest absolute Gasteiger partial charge is 0.338 e. The van der Waals surface area contributed by atoms with Crippen molar-refractivity contribution in [2.75, 3.05) is 12.3 Å². The highest BCUT2D eigenvalue weighted by atomic mass is 32.2.